The Balaban J connectivity index is 2.26. The maximum atomic E-state index is 6.21. The van der Waals surface area contributed by atoms with E-state index in [1.54, 1.807) is 17.9 Å². The van der Waals surface area contributed by atoms with Crippen molar-refractivity contribution in [2.24, 2.45) is 0 Å². The molecule has 1 N–H and O–H groups in total. The SMILES string of the molecule is COCCNC(C)c1nnnn1-c1cc(Br)ccc1Cl. The highest BCUT2D eigenvalue weighted by atomic mass is 79.9. The molecule has 8 heteroatoms. The molecule has 20 heavy (non-hydrogen) atoms. The van der Waals surface area contributed by atoms with Crippen LogP contribution in [0.15, 0.2) is 22.7 Å². The van der Waals surface area contributed by atoms with E-state index in [0.717, 1.165) is 16.7 Å². The Morgan fingerprint density at radius 3 is 3.05 bits per heavy atom. The Morgan fingerprint density at radius 2 is 2.30 bits per heavy atom. The number of rotatable bonds is 6. The average Bonchev–Trinajstić information content (AvgIpc) is 2.91. The highest BCUT2D eigenvalue weighted by Crippen LogP contribution is 2.25. The molecule has 2 aromatic rings. The Labute approximate surface area is 130 Å². The highest BCUT2D eigenvalue weighted by Gasteiger charge is 2.17. The number of benzene rings is 1. The van der Waals surface area contributed by atoms with Crippen LogP contribution in [0.1, 0.15) is 18.8 Å². The number of aromatic nitrogens is 4. The molecule has 1 aromatic carbocycles. The van der Waals surface area contributed by atoms with Gasteiger partial charge in [0.25, 0.3) is 0 Å². The van der Waals surface area contributed by atoms with Gasteiger partial charge in [-0.15, -0.1) is 5.10 Å². The van der Waals surface area contributed by atoms with E-state index in [2.05, 4.69) is 36.8 Å². The zero-order valence-corrected chi connectivity index (χ0v) is 13.5. The van der Waals surface area contributed by atoms with Crippen LogP contribution in [-0.4, -0.2) is 40.5 Å². The number of hydrogen-bond acceptors (Lipinski definition) is 5. The first-order chi connectivity index (χ1) is 9.63. The summed E-state index contributed by atoms with van der Waals surface area (Å²) in [6.45, 7) is 3.34. The number of hydrogen-bond donors (Lipinski definition) is 1. The van der Waals surface area contributed by atoms with Crippen LogP contribution >= 0.6 is 27.5 Å². The molecule has 0 aliphatic carbocycles. The predicted molar refractivity (Wildman–Crippen MR) is 80.2 cm³/mol. The number of halogens is 2. The van der Waals surface area contributed by atoms with Crippen molar-refractivity contribution in [2.75, 3.05) is 20.3 Å². The van der Waals surface area contributed by atoms with E-state index in [9.17, 15) is 0 Å². The largest absolute Gasteiger partial charge is 0.383 e. The predicted octanol–water partition coefficient (Wildman–Crippen LogP) is 2.38. The van der Waals surface area contributed by atoms with Gasteiger partial charge in [-0.2, -0.15) is 4.68 Å². The molecule has 2 rings (SSSR count). The summed E-state index contributed by atoms with van der Waals surface area (Å²) in [6.07, 6.45) is 0. The van der Waals surface area contributed by atoms with Crippen LogP contribution in [0.2, 0.25) is 5.02 Å². The molecular formula is C12H15BrClN5O. The van der Waals surface area contributed by atoms with Gasteiger partial charge in [0.1, 0.15) is 0 Å². The normalized spacial score (nSPS) is 12.6. The lowest BCUT2D eigenvalue weighted by Gasteiger charge is -2.14. The van der Waals surface area contributed by atoms with Gasteiger partial charge in [0, 0.05) is 18.1 Å². The fourth-order valence-electron chi connectivity index (χ4n) is 1.75. The van der Waals surface area contributed by atoms with Gasteiger partial charge in [0.05, 0.1) is 23.4 Å². The Kier molecular flexibility index (Phi) is 5.47. The minimum absolute atomic E-state index is 0.0183. The number of nitrogens with one attached hydrogen (secondary N) is 1. The Morgan fingerprint density at radius 1 is 1.50 bits per heavy atom. The molecule has 0 bridgehead atoms. The van der Waals surface area contributed by atoms with Crippen molar-refractivity contribution >= 4 is 27.5 Å². The van der Waals surface area contributed by atoms with E-state index < -0.39 is 0 Å². The quantitative estimate of drug-likeness (QED) is 0.801. The van der Waals surface area contributed by atoms with Crippen molar-refractivity contribution in [3.63, 3.8) is 0 Å². The fraction of sp³-hybridized carbons (Fsp3) is 0.417. The van der Waals surface area contributed by atoms with Crippen molar-refractivity contribution in [1.29, 1.82) is 0 Å². The molecular weight excluding hydrogens is 346 g/mol. The van der Waals surface area contributed by atoms with Crippen molar-refractivity contribution in [3.8, 4) is 5.69 Å². The molecule has 0 radical (unpaired) electrons. The number of tetrazole rings is 1. The topological polar surface area (TPSA) is 64.9 Å². The van der Waals surface area contributed by atoms with Gasteiger partial charge in [-0.25, -0.2) is 0 Å². The van der Waals surface area contributed by atoms with Crippen LogP contribution in [0.25, 0.3) is 5.69 Å². The molecule has 1 heterocycles. The third kappa shape index (κ3) is 3.54. The zero-order chi connectivity index (χ0) is 14.5. The summed E-state index contributed by atoms with van der Waals surface area (Å²) in [7, 11) is 1.66. The number of methoxy groups -OCH3 is 1. The van der Waals surface area contributed by atoms with E-state index >= 15 is 0 Å². The van der Waals surface area contributed by atoms with E-state index in [4.69, 9.17) is 16.3 Å². The van der Waals surface area contributed by atoms with E-state index in [1.165, 1.54) is 0 Å². The molecule has 0 fully saturated rings. The van der Waals surface area contributed by atoms with Gasteiger partial charge < -0.3 is 10.1 Å². The average molecular weight is 361 g/mol. The van der Waals surface area contributed by atoms with Crippen LogP contribution in [-0.2, 0) is 4.74 Å². The second kappa shape index (κ2) is 7.12. The first kappa shape index (κ1) is 15.4. The smallest absolute Gasteiger partial charge is 0.173 e. The van der Waals surface area contributed by atoms with Crippen LogP contribution in [0, 0.1) is 0 Å². The van der Waals surface area contributed by atoms with Crippen molar-refractivity contribution < 1.29 is 4.74 Å². The van der Waals surface area contributed by atoms with Crippen LogP contribution < -0.4 is 5.32 Å². The summed E-state index contributed by atoms with van der Waals surface area (Å²) in [6, 6.07) is 5.53. The molecule has 1 unspecified atom stereocenters. The Bertz CT molecular complexity index is 577. The van der Waals surface area contributed by atoms with Gasteiger partial charge >= 0.3 is 0 Å². The summed E-state index contributed by atoms with van der Waals surface area (Å²) < 4.78 is 7.56. The third-order valence-corrected chi connectivity index (χ3v) is 3.59. The maximum Gasteiger partial charge on any atom is 0.173 e. The summed E-state index contributed by atoms with van der Waals surface area (Å²) in [4.78, 5) is 0. The third-order valence-electron chi connectivity index (χ3n) is 2.77. The van der Waals surface area contributed by atoms with Gasteiger partial charge in [0.15, 0.2) is 5.82 Å². The van der Waals surface area contributed by atoms with Crippen molar-refractivity contribution in [3.05, 3.63) is 33.5 Å². The molecule has 0 aliphatic rings. The minimum atomic E-state index is -0.0183. The van der Waals surface area contributed by atoms with Gasteiger partial charge in [-0.05, 0) is 35.5 Å². The van der Waals surface area contributed by atoms with Gasteiger partial charge in [-0.1, -0.05) is 27.5 Å². The first-order valence-corrected chi connectivity index (χ1v) is 7.26. The molecule has 0 spiro atoms. The summed E-state index contributed by atoms with van der Waals surface area (Å²) in [5.41, 5.74) is 0.737. The molecule has 0 aliphatic heterocycles. The highest BCUT2D eigenvalue weighted by molar-refractivity contribution is 9.10. The molecule has 1 aromatic heterocycles. The summed E-state index contributed by atoms with van der Waals surface area (Å²) in [5.74, 6) is 0.695. The lowest BCUT2D eigenvalue weighted by molar-refractivity contribution is 0.196. The van der Waals surface area contributed by atoms with Gasteiger partial charge in [0.2, 0.25) is 0 Å². The van der Waals surface area contributed by atoms with E-state index in [-0.39, 0.29) is 6.04 Å². The molecule has 0 saturated carbocycles. The molecule has 1 atom stereocenters. The molecule has 108 valence electrons. The second-order valence-electron chi connectivity index (χ2n) is 4.21. The van der Waals surface area contributed by atoms with Crippen LogP contribution in [0.4, 0.5) is 0 Å². The maximum absolute atomic E-state index is 6.21. The van der Waals surface area contributed by atoms with E-state index in [1.807, 2.05) is 19.1 Å². The summed E-state index contributed by atoms with van der Waals surface area (Å²) >= 11 is 9.64. The van der Waals surface area contributed by atoms with Crippen molar-refractivity contribution in [1.82, 2.24) is 25.5 Å². The standard InChI is InChI=1S/C12H15BrClN5O/c1-8(15-5-6-20-2)12-16-17-18-19(12)11-7-9(13)3-4-10(11)14/h3-4,7-8,15H,5-6H2,1-2H3. The molecule has 6 nitrogen and oxygen atoms in total. The van der Waals surface area contributed by atoms with Crippen LogP contribution in [0.5, 0.6) is 0 Å². The van der Waals surface area contributed by atoms with Crippen LogP contribution in [0.3, 0.4) is 0 Å². The number of ether oxygens (including phenoxy) is 1. The lowest BCUT2D eigenvalue weighted by atomic mass is 10.2. The zero-order valence-electron chi connectivity index (χ0n) is 11.2. The minimum Gasteiger partial charge on any atom is -0.383 e. The second-order valence-corrected chi connectivity index (χ2v) is 5.54. The van der Waals surface area contributed by atoms with Crippen molar-refractivity contribution in [2.45, 2.75) is 13.0 Å². The molecule has 0 saturated heterocycles. The first-order valence-electron chi connectivity index (χ1n) is 6.09. The Hall–Kier alpha value is -1.02. The number of nitrogens with zero attached hydrogens (tertiary/aromatic N) is 4. The fourth-order valence-corrected chi connectivity index (χ4v) is 2.30. The van der Waals surface area contributed by atoms with E-state index in [0.29, 0.717) is 17.5 Å². The monoisotopic (exact) mass is 359 g/mol. The van der Waals surface area contributed by atoms with Gasteiger partial charge in [-0.3, -0.25) is 0 Å². The lowest BCUT2D eigenvalue weighted by Crippen LogP contribution is -2.25. The molecule has 0 amide bonds. The summed E-state index contributed by atoms with van der Waals surface area (Å²) in [5, 5.41) is 15.7.